The lowest BCUT2D eigenvalue weighted by Crippen LogP contribution is -2.39. The Morgan fingerprint density at radius 1 is 1.43 bits per heavy atom. The molecule has 1 aromatic carbocycles. The van der Waals surface area contributed by atoms with Gasteiger partial charge in [0.15, 0.2) is 0 Å². The first-order chi connectivity index (χ1) is 10.2. The molecule has 0 amide bonds. The highest BCUT2D eigenvalue weighted by atomic mass is 79.9. The zero-order valence-corrected chi connectivity index (χ0v) is 14.9. The average molecular weight is 422 g/mol. The van der Waals surface area contributed by atoms with E-state index in [1.165, 1.54) is 0 Å². The number of alkyl halides is 2. The first-order valence-electron chi connectivity index (χ1n) is 6.90. The van der Waals surface area contributed by atoms with Gasteiger partial charge in [-0.25, -0.2) is 4.79 Å². The van der Waals surface area contributed by atoms with Gasteiger partial charge >= 0.3 is 5.97 Å². The van der Waals surface area contributed by atoms with Gasteiger partial charge in [0, 0.05) is 5.33 Å². The van der Waals surface area contributed by atoms with Gasteiger partial charge in [0.2, 0.25) is 0 Å². The molecule has 0 unspecified atom stereocenters. The monoisotopic (exact) mass is 420 g/mol. The van der Waals surface area contributed by atoms with Gasteiger partial charge in [-0.15, -0.1) is 0 Å². The quantitative estimate of drug-likeness (QED) is 0.536. The first-order valence-corrected chi connectivity index (χ1v) is 8.93. The van der Waals surface area contributed by atoms with Crippen LogP contribution in [0.4, 0.5) is 0 Å². The molecule has 1 fully saturated rings. The Bertz CT molecular complexity index is 480. The van der Waals surface area contributed by atoms with Crippen LogP contribution in [0.2, 0.25) is 0 Å². The smallest absolute Gasteiger partial charge is 0.341 e. The second-order valence-corrected chi connectivity index (χ2v) is 6.36. The molecule has 0 N–H and O–H groups in total. The topological polar surface area (TPSA) is 44.8 Å². The molecule has 3 atom stereocenters. The maximum atomic E-state index is 12.0. The molecule has 0 bridgehead atoms. The van der Waals surface area contributed by atoms with Crippen LogP contribution in [-0.2, 0) is 9.47 Å². The van der Waals surface area contributed by atoms with Crippen LogP contribution in [0.25, 0.3) is 0 Å². The molecule has 1 aliphatic rings. The van der Waals surface area contributed by atoms with Crippen LogP contribution in [0.1, 0.15) is 23.7 Å². The predicted molar refractivity (Wildman–Crippen MR) is 87.4 cm³/mol. The standard InChI is InChI=1S/C15H18Br2O4/c1-2-19-15(18)11-5-3-4-6-12(11)21-13-7-10(8-16)9-20-14(13)17/h3-6,10,13-14H,2,7-9H2,1H3/t10-,13+,14-/m0/s1. The van der Waals surface area contributed by atoms with Crippen LogP contribution in [-0.4, -0.2) is 35.6 Å². The largest absolute Gasteiger partial charge is 0.486 e. The minimum Gasteiger partial charge on any atom is -0.486 e. The molecule has 4 nitrogen and oxygen atoms in total. The number of halogens is 2. The van der Waals surface area contributed by atoms with E-state index >= 15 is 0 Å². The number of carbonyl (C=O) groups is 1. The summed E-state index contributed by atoms with van der Waals surface area (Å²) in [5, 5.41) is 0.689. The summed E-state index contributed by atoms with van der Waals surface area (Å²) >= 11 is 6.96. The third kappa shape index (κ3) is 4.44. The lowest BCUT2D eigenvalue weighted by atomic mass is 10.0. The van der Waals surface area contributed by atoms with Crippen molar-refractivity contribution < 1.29 is 19.0 Å². The highest BCUT2D eigenvalue weighted by Crippen LogP contribution is 2.30. The molecule has 1 heterocycles. The Morgan fingerprint density at radius 2 is 2.19 bits per heavy atom. The Morgan fingerprint density at radius 3 is 2.90 bits per heavy atom. The molecule has 0 spiro atoms. The molecule has 0 radical (unpaired) electrons. The van der Waals surface area contributed by atoms with Gasteiger partial charge in [0.05, 0.1) is 13.2 Å². The Labute approximate surface area is 141 Å². The van der Waals surface area contributed by atoms with Crippen molar-refractivity contribution in [1.82, 2.24) is 0 Å². The van der Waals surface area contributed by atoms with E-state index in [1.54, 1.807) is 25.1 Å². The molecule has 6 heteroatoms. The zero-order valence-electron chi connectivity index (χ0n) is 11.8. The van der Waals surface area contributed by atoms with Crippen LogP contribution in [0, 0.1) is 5.92 Å². The van der Waals surface area contributed by atoms with E-state index in [-0.39, 0.29) is 17.1 Å². The summed E-state index contributed by atoms with van der Waals surface area (Å²) in [7, 11) is 0. The van der Waals surface area contributed by atoms with E-state index in [1.807, 2.05) is 6.07 Å². The fourth-order valence-electron chi connectivity index (χ4n) is 2.16. The van der Waals surface area contributed by atoms with Crippen molar-refractivity contribution in [3.63, 3.8) is 0 Å². The van der Waals surface area contributed by atoms with Gasteiger partial charge in [-0.2, -0.15) is 0 Å². The molecule has 1 aliphatic heterocycles. The summed E-state index contributed by atoms with van der Waals surface area (Å²) in [6.07, 6.45) is 0.718. The molecular weight excluding hydrogens is 404 g/mol. The van der Waals surface area contributed by atoms with Crippen molar-refractivity contribution in [2.24, 2.45) is 5.92 Å². The Kier molecular flexibility index (Phi) is 6.51. The van der Waals surface area contributed by atoms with Crippen molar-refractivity contribution in [2.45, 2.75) is 24.5 Å². The summed E-state index contributed by atoms with van der Waals surface area (Å²) in [6.45, 7) is 2.82. The highest BCUT2D eigenvalue weighted by molar-refractivity contribution is 9.09. The highest BCUT2D eigenvalue weighted by Gasteiger charge is 2.31. The normalized spacial score (nSPS) is 25.4. The zero-order chi connectivity index (χ0) is 15.2. The van der Waals surface area contributed by atoms with Gasteiger partial charge in [0.25, 0.3) is 0 Å². The first kappa shape index (κ1) is 16.8. The number of benzene rings is 1. The second kappa shape index (κ2) is 8.15. The molecule has 1 saturated heterocycles. The van der Waals surface area contributed by atoms with Crippen molar-refractivity contribution >= 4 is 37.8 Å². The molecule has 1 aromatic rings. The van der Waals surface area contributed by atoms with Gasteiger partial charge in [0.1, 0.15) is 22.4 Å². The van der Waals surface area contributed by atoms with Gasteiger partial charge in [-0.1, -0.05) is 44.0 Å². The molecule has 116 valence electrons. The predicted octanol–water partition coefficient (Wildman–Crippen LogP) is 3.76. The van der Waals surface area contributed by atoms with Crippen molar-refractivity contribution in [1.29, 1.82) is 0 Å². The SMILES string of the molecule is CCOC(=O)c1ccccc1O[C@@H]1C[C@@H](CBr)CO[C@@H]1Br. The average Bonchev–Trinajstić information content (AvgIpc) is 2.50. The third-order valence-corrected chi connectivity index (χ3v) is 5.00. The summed E-state index contributed by atoms with van der Waals surface area (Å²) < 4.78 is 16.7. The summed E-state index contributed by atoms with van der Waals surface area (Å²) in [5.41, 5.74) is 0.444. The van der Waals surface area contributed by atoms with Crippen LogP contribution in [0.5, 0.6) is 5.75 Å². The number of carbonyl (C=O) groups excluding carboxylic acids is 1. The Balaban J connectivity index is 2.13. The van der Waals surface area contributed by atoms with E-state index in [0.29, 0.717) is 30.4 Å². The number of hydrogen-bond donors (Lipinski definition) is 0. The minimum atomic E-state index is -0.368. The van der Waals surface area contributed by atoms with E-state index in [2.05, 4.69) is 31.9 Å². The van der Waals surface area contributed by atoms with Crippen LogP contribution in [0.3, 0.4) is 0 Å². The molecule has 0 saturated carbocycles. The number of ether oxygens (including phenoxy) is 3. The van der Waals surface area contributed by atoms with Crippen molar-refractivity contribution in [3.05, 3.63) is 29.8 Å². The maximum Gasteiger partial charge on any atom is 0.341 e. The Hall–Kier alpha value is -0.590. The molecular formula is C15H18Br2O4. The maximum absolute atomic E-state index is 12.0. The fraction of sp³-hybridized carbons (Fsp3) is 0.533. The van der Waals surface area contributed by atoms with Gasteiger partial charge in [-0.05, 0) is 31.4 Å². The molecule has 0 aliphatic carbocycles. The number of esters is 1. The summed E-state index contributed by atoms with van der Waals surface area (Å²) in [5.74, 6) is 0.566. The summed E-state index contributed by atoms with van der Waals surface area (Å²) in [4.78, 5) is 12.0. The van der Waals surface area contributed by atoms with E-state index in [4.69, 9.17) is 14.2 Å². The number of hydrogen-bond acceptors (Lipinski definition) is 4. The van der Waals surface area contributed by atoms with E-state index in [9.17, 15) is 4.79 Å². The fourth-order valence-corrected chi connectivity index (χ4v) is 3.09. The van der Waals surface area contributed by atoms with Crippen LogP contribution in [0.15, 0.2) is 24.3 Å². The van der Waals surface area contributed by atoms with Gasteiger partial charge < -0.3 is 14.2 Å². The molecule has 0 aromatic heterocycles. The number of para-hydroxylation sites is 1. The van der Waals surface area contributed by atoms with Crippen molar-refractivity contribution in [2.75, 3.05) is 18.5 Å². The van der Waals surface area contributed by atoms with Crippen LogP contribution < -0.4 is 4.74 Å². The summed E-state index contributed by atoms with van der Waals surface area (Å²) in [6, 6.07) is 7.13. The lowest BCUT2D eigenvalue weighted by molar-refractivity contribution is -0.0347. The molecule has 2 rings (SSSR count). The van der Waals surface area contributed by atoms with Crippen LogP contribution >= 0.6 is 31.9 Å². The second-order valence-electron chi connectivity index (χ2n) is 4.81. The van der Waals surface area contributed by atoms with Crippen molar-refractivity contribution in [3.8, 4) is 5.75 Å². The third-order valence-electron chi connectivity index (χ3n) is 3.23. The van der Waals surface area contributed by atoms with Gasteiger partial charge in [-0.3, -0.25) is 0 Å². The minimum absolute atomic E-state index is 0.142. The van der Waals surface area contributed by atoms with E-state index in [0.717, 1.165) is 11.8 Å². The molecule has 21 heavy (non-hydrogen) atoms. The van der Waals surface area contributed by atoms with E-state index < -0.39 is 0 Å². The lowest BCUT2D eigenvalue weighted by Gasteiger charge is -2.33. The number of rotatable bonds is 5.